The van der Waals surface area contributed by atoms with E-state index in [0.717, 1.165) is 36.9 Å². The first-order chi connectivity index (χ1) is 33.3. The molecule has 0 unspecified atom stereocenters. The van der Waals surface area contributed by atoms with Crippen LogP contribution in [0.5, 0.6) is 11.5 Å². The first kappa shape index (κ1) is 57.1. The topological polar surface area (TPSA) is 291 Å². The molecule has 4 rings (SSSR count). The number of amides is 2. The van der Waals surface area contributed by atoms with Crippen molar-refractivity contribution in [2.24, 2.45) is 32.9 Å². The summed E-state index contributed by atoms with van der Waals surface area (Å²) in [6.45, 7) is 16.1. The zero-order chi connectivity index (χ0) is 51.3. The number of methoxy groups -OCH3 is 1. The van der Waals surface area contributed by atoms with Crippen molar-refractivity contribution in [1.82, 2.24) is 30.0 Å². The number of imidazole rings is 1. The van der Waals surface area contributed by atoms with Gasteiger partial charge in [0.15, 0.2) is 6.29 Å². The molecule has 2 aromatic carbocycles. The number of unbranched alkanes of at least 4 members (excludes halogenated alkanes) is 1. The van der Waals surface area contributed by atoms with Gasteiger partial charge in [-0.3, -0.25) is 33.8 Å². The lowest BCUT2D eigenvalue weighted by Crippen LogP contribution is -2.41. The molecule has 20 heteroatoms. The third-order valence-corrected chi connectivity index (χ3v) is 9.68. The van der Waals surface area contributed by atoms with Crippen LogP contribution in [0.1, 0.15) is 77.4 Å². The Morgan fingerprint density at radius 2 is 1.74 bits per heavy atom. The highest BCUT2D eigenvalue weighted by atomic mass is 16.5. The zero-order valence-corrected chi connectivity index (χ0v) is 41.1. The van der Waals surface area contributed by atoms with Crippen LogP contribution in [-0.2, 0) is 17.9 Å². The number of aryl methyl sites for hydroxylation is 2. The number of aldehydes is 2. The highest BCUT2D eigenvalue weighted by molar-refractivity contribution is 5.99. The maximum Gasteiger partial charge on any atom is 0.268 e. The van der Waals surface area contributed by atoms with Crippen LogP contribution in [0.25, 0.3) is 11.0 Å². The molecule has 2 aromatic heterocycles. The van der Waals surface area contributed by atoms with Gasteiger partial charge in [0.1, 0.15) is 47.0 Å². The first-order valence-electron chi connectivity index (χ1n) is 22.3. The summed E-state index contributed by atoms with van der Waals surface area (Å²) in [5, 5.41) is 13.4. The van der Waals surface area contributed by atoms with Gasteiger partial charge < -0.3 is 57.8 Å². The SMILES string of the molecule is C=Nc1cc(C=O)cc(OC)c1N(C/C=C/Cn1c(NC)nc2cc(C(N)=O)cc(OC/C=C/CN=C/C(N)=C\N)c21)CNC(=O)/C(=C/C(C)=C/CCC)NCC.CCn1nc(C)cc1C=O.CN. The number of anilines is 2. The smallest absolute Gasteiger partial charge is 0.268 e. The standard InChI is InChI=1S/C41H55N11O5.C7H10N2O.CH5N/c1-7-9-14-28(3)19-34(48-8-2)40(55)49-27-51(37-32(45-4)20-29(26-53)21-35(37)56-6)16-11-12-17-52-38-33(50-41(52)46-5)22-30(39(44)54)23-36(38)57-18-13-10-15-47-25-31(43)24-42;1-3-9-7(5-10)4-6(2)8-9;1-2/h10-14,19-26,48H,4,7-9,15-18,27,42-43H2,1-3,5-6H3,(H2,44,54)(H,46,50)(H,49,55);4-5H,3H2,1-2H3;2H2,1H3/b12-11+,13-10+,28-14+,31-24+,34-19-,47-25?;;. The minimum Gasteiger partial charge on any atom is -0.494 e. The number of rotatable bonds is 26. The number of hydrogen-bond donors (Lipinski definition) is 7. The number of aromatic nitrogens is 4. The van der Waals surface area contributed by atoms with Crippen molar-refractivity contribution in [3.8, 4) is 11.5 Å². The third kappa shape index (κ3) is 17.6. The number of benzene rings is 2. The molecule has 0 atom stereocenters. The summed E-state index contributed by atoms with van der Waals surface area (Å²) < 4.78 is 15.4. The van der Waals surface area contributed by atoms with Crippen molar-refractivity contribution in [3.63, 3.8) is 0 Å². The van der Waals surface area contributed by atoms with Crippen LogP contribution < -0.4 is 53.3 Å². The van der Waals surface area contributed by atoms with Crippen molar-refractivity contribution in [1.29, 1.82) is 0 Å². The molecule has 2 heterocycles. The average Bonchev–Trinajstić information content (AvgIpc) is 3.93. The van der Waals surface area contributed by atoms with E-state index in [1.807, 2.05) is 55.4 Å². The fourth-order valence-electron chi connectivity index (χ4n) is 6.51. The van der Waals surface area contributed by atoms with Crippen LogP contribution >= 0.6 is 0 Å². The monoisotopic (exact) mass is 951 g/mol. The van der Waals surface area contributed by atoms with Crippen LogP contribution in [0.15, 0.2) is 99.9 Å². The number of nitrogens with two attached hydrogens (primary N) is 4. The van der Waals surface area contributed by atoms with Gasteiger partial charge in [0.2, 0.25) is 11.9 Å². The first-order valence-corrected chi connectivity index (χ1v) is 22.3. The number of primary amides is 1. The van der Waals surface area contributed by atoms with Crippen LogP contribution in [0.2, 0.25) is 0 Å². The van der Waals surface area contributed by atoms with E-state index in [4.69, 9.17) is 31.7 Å². The molecule has 11 N–H and O–H groups in total. The average molecular weight is 951 g/mol. The third-order valence-electron chi connectivity index (χ3n) is 9.68. The fraction of sp³-hybridized carbons (Fsp3) is 0.347. The van der Waals surface area contributed by atoms with Gasteiger partial charge >= 0.3 is 0 Å². The molecule has 0 spiro atoms. The number of hydrogen-bond acceptors (Lipinski definition) is 16. The Morgan fingerprint density at radius 1 is 0.986 bits per heavy atom. The van der Waals surface area contributed by atoms with E-state index in [1.165, 1.54) is 26.6 Å². The summed E-state index contributed by atoms with van der Waals surface area (Å²) >= 11 is 0. The number of nitrogens with zero attached hydrogens (tertiary/aromatic N) is 7. The molecule has 0 saturated heterocycles. The van der Waals surface area contributed by atoms with Crippen molar-refractivity contribution in [2.45, 2.75) is 60.5 Å². The van der Waals surface area contributed by atoms with Gasteiger partial charge in [0.05, 0.1) is 42.9 Å². The summed E-state index contributed by atoms with van der Waals surface area (Å²) in [6, 6.07) is 8.20. The van der Waals surface area contributed by atoms with Crippen molar-refractivity contribution in [2.75, 3.05) is 64.3 Å². The minimum absolute atomic E-state index is 0.0581. The Labute approximate surface area is 405 Å². The zero-order valence-electron chi connectivity index (χ0n) is 41.1. The predicted molar refractivity (Wildman–Crippen MR) is 278 cm³/mol. The molecule has 4 aromatic rings. The number of aliphatic imine (C=N–C) groups is 2. The molecule has 0 bridgehead atoms. The van der Waals surface area contributed by atoms with Crippen molar-refractivity contribution >= 4 is 65.7 Å². The number of carbonyl (C=O) groups excluding carboxylic acids is 4. The Kier molecular flexibility index (Phi) is 25.7. The highest BCUT2D eigenvalue weighted by Crippen LogP contribution is 2.39. The Balaban J connectivity index is 0.00000119. The molecule has 0 saturated carbocycles. The second-order valence-electron chi connectivity index (χ2n) is 14.6. The summed E-state index contributed by atoms with van der Waals surface area (Å²) in [5.74, 6) is 0.395. The minimum atomic E-state index is -0.619. The Hall–Kier alpha value is -8.00. The van der Waals surface area contributed by atoms with Gasteiger partial charge in [-0.05, 0) is 90.4 Å². The second-order valence-corrected chi connectivity index (χ2v) is 14.6. The lowest BCUT2D eigenvalue weighted by molar-refractivity contribution is -0.117. The lowest BCUT2D eigenvalue weighted by atomic mass is 10.1. The van der Waals surface area contributed by atoms with Crippen molar-refractivity contribution < 1.29 is 28.7 Å². The van der Waals surface area contributed by atoms with Crippen LogP contribution in [0.4, 0.5) is 17.3 Å². The van der Waals surface area contributed by atoms with Gasteiger partial charge in [0, 0.05) is 56.8 Å². The molecule has 0 aliphatic rings. The number of fused-ring (bicyclic) bond motifs is 1. The van der Waals surface area contributed by atoms with Gasteiger partial charge in [0.25, 0.3) is 5.91 Å². The highest BCUT2D eigenvalue weighted by Gasteiger charge is 2.21. The Morgan fingerprint density at radius 3 is 2.33 bits per heavy atom. The van der Waals surface area contributed by atoms with Gasteiger partial charge in [-0.1, -0.05) is 43.2 Å². The number of carbonyl (C=O) groups is 4. The number of ether oxygens (including phenoxy) is 2. The normalized spacial score (nSPS) is 11.8. The molecule has 0 aliphatic heterocycles. The lowest BCUT2D eigenvalue weighted by Gasteiger charge is -2.27. The van der Waals surface area contributed by atoms with Crippen molar-refractivity contribution in [3.05, 3.63) is 112 Å². The van der Waals surface area contributed by atoms with Crippen LogP contribution in [0, 0.1) is 6.92 Å². The summed E-state index contributed by atoms with van der Waals surface area (Å²) in [5.41, 5.74) is 27.2. The molecule has 0 fully saturated rings. The quantitative estimate of drug-likeness (QED) is 0.0108. The summed E-state index contributed by atoms with van der Waals surface area (Å²) in [4.78, 5) is 62.8. The second kappa shape index (κ2) is 31.1. The molecule has 69 heavy (non-hydrogen) atoms. The molecule has 2 amide bonds. The molecule has 372 valence electrons. The molecule has 0 aliphatic carbocycles. The Bertz CT molecular complexity index is 2510. The molecule has 0 radical (unpaired) electrons. The fourth-order valence-corrected chi connectivity index (χ4v) is 6.51. The molecular weight excluding hydrogens is 881 g/mol. The van der Waals surface area contributed by atoms with Gasteiger partial charge in [-0.15, -0.1) is 0 Å². The van der Waals surface area contributed by atoms with E-state index in [-0.39, 0.29) is 31.3 Å². The maximum atomic E-state index is 13.5. The largest absolute Gasteiger partial charge is 0.494 e. The maximum absolute atomic E-state index is 13.5. The number of likely N-dealkylation sites (N-methyl/N-ethyl adjacent to an activating group) is 1. The van der Waals surface area contributed by atoms with Crippen LogP contribution in [0.3, 0.4) is 0 Å². The van der Waals surface area contributed by atoms with Crippen LogP contribution in [-0.4, -0.2) is 111 Å². The van der Waals surface area contributed by atoms with E-state index < -0.39 is 5.91 Å². The van der Waals surface area contributed by atoms with E-state index in [2.05, 4.69) is 56.5 Å². The summed E-state index contributed by atoms with van der Waals surface area (Å²) in [6.07, 6.45) is 17.5. The predicted octanol–water partition coefficient (Wildman–Crippen LogP) is 5.07. The van der Waals surface area contributed by atoms with Gasteiger partial charge in [-0.2, -0.15) is 5.10 Å². The summed E-state index contributed by atoms with van der Waals surface area (Å²) in [7, 11) is 4.74. The molecular formula is C49H70N14O6. The van der Waals surface area contributed by atoms with E-state index in [0.29, 0.717) is 88.4 Å². The van der Waals surface area contributed by atoms with Gasteiger partial charge in [-0.25, -0.2) is 4.98 Å². The number of allylic oxidation sites excluding steroid dienone is 5. The van der Waals surface area contributed by atoms with E-state index in [1.54, 1.807) is 54.2 Å². The van der Waals surface area contributed by atoms with E-state index >= 15 is 0 Å². The number of nitrogens with one attached hydrogen (secondary N) is 3. The molecule has 20 nitrogen and oxygen atoms in total. The van der Waals surface area contributed by atoms with E-state index in [9.17, 15) is 19.2 Å².